The molecular weight excluding hydrogens is 298 g/mol. The minimum absolute atomic E-state index is 0.139. The van der Waals surface area contributed by atoms with Gasteiger partial charge in [0.2, 0.25) is 0 Å². The molecule has 128 valence electrons. The Balaban J connectivity index is 1.82. The molecule has 0 radical (unpaired) electrons. The molecular formula is C20H27N3O. The number of nitrogens with one attached hydrogen (secondary N) is 1. The molecule has 4 nitrogen and oxygen atoms in total. The highest BCUT2D eigenvalue weighted by molar-refractivity contribution is 5.97. The Bertz CT molecular complexity index is 581. The van der Waals surface area contributed by atoms with Crippen molar-refractivity contribution in [1.82, 2.24) is 10.2 Å². The number of amides is 1. The molecule has 1 saturated heterocycles. The second kappa shape index (κ2) is 9.77. The van der Waals surface area contributed by atoms with Crippen LogP contribution in [0.4, 0.5) is 0 Å². The summed E-state index contributed by atoms with van der Waals surface area (Å²) < 4.78 is 0. The van der Waals surface area contributed by atoms with Crippen LogP contribution in [0.1, 0.15) is 38.2 Å². The summed E-state index contributed by atoms with van der Waals surface area (Å²) in [6, 6.07) is 12.5. The van der Waals surface area contributed by atoms with Crippen molar-refractivity contribution in [2.24, 2.45) is 5.92 Å². The Labute approximate surface area is 145 Å². The van der Waals surface area contributed by atoms with Crippen molar-refractivity contribution < 1.29 is 4.79 Å². The van der Waals surface area contributed by atoms with E-state index in [-0.39, 0.29) is 11.5 Å². The van der Waals surface area contributed by atoms with Crippen LogP contribution in [0.5, 0.6) is 0 Å². The molecule has 1 amide bonds. The van der Waals surface area contributed by atoms with Crippen molar-refractivity contribution in [2.75, 3.05) is 19.6 Å². The van der Waals surface area contributed by atoms with E-state index in [1.807, 2.05) is 17.0 Å². The third kappa shape index (κ3) is 5.42. The number of likely N-dealkylation sites (tertiary alicyclic amines) is 1. The maximum absolute atomic E-state index is 12.5. The highest BCUT2D eigenvalue weighted by Gasteiger charge is 2.25. The van der Waals surface area contributed by atoms with Gasteiger partial charge in [0.1, 0.15) is 11.6 Å². The highest BCUT2D eigenvalue weighted by atomic mass is 16.2. The van der Waals surface area contributed by atoms with E-state index < -0.39 is 0 Å². The quantitative estimate of drug-likeness (QED) is 0.475. The molecule has 1 aliphatic rings. The zero-order valence-corrected chi connectivity index (χ0v) is 14.5. The normalized spacial score (nSPS) is 15.8. The average Bonchev–Trinajstić information content (AvgIpc) is 2.63. The molecule has 1 aromatic rings. The summed E-state index contributed by atoms with van der Waals surface area (Å²) in [5.41, 5.74) is 1.58. The first-order valence-corrected chi connectivity index (χ1v) is 8.91. The lowest BCUT2D eigenvalue weighted by molar-refractivity contribution is -0.128. The van der Waals surface area contributed by atoms with Crippen LogP contribution in [-0.4, -0.2) is 30.4 Å². The lowest BCUT2D eigenvalue weighted by Gasteiger charge is -2.32. The zero-order chi connectivity index (χ0) is 17.2. The van der Waals surface area contributed by atoms with Gasteiger partial charge < -0.3 is 10.2 Å². The third-order valence-corrected chi connectivity index (χ3v) is 4.54. The number of unbranched alkanes of at least 4 members (excludes halogenated alkanes) is 1. The number of piperidine rings is 1. The minimum atomic E-state index is -0.139. The molecule has 24 heavy (non-hydrogen) atoms. The first-order valence-electron chi connectivity index (χ1n) is 8.91. The number of hydrogen-bond acceptors (Lipinski definition) is 3. The standard InChI is InChI=1S/C20H27N3O/c1-2-3-11-22-16-19(15-21)20(24)23-12-9-18(10-13-23)14-17-7-5-4-6-8-17/h4-8,16,18,22H,2-3,9-14H2,1H3/b19-16-. The van der Waals surface area contributed by atoms with E-state index in [1.165, 1.54) is 5.56 Å². The van der Waals surface area contributed by atoms with Gasteiger partial charge >= 0.3 is 0 Å². The summed E-state index contributed by atoms with van der Waals surface area (Å²) in [6.45, 7) is 4.39. The fraction of sp³-hybridized carbons (Fsp3) is 0.500. The minimum Gasteiger partial charge on any atom is -0.390 e. The topological polar surface area (TPSA) is 56.1 Å². The summed E-state index contributed by atoms with van der Waals surface area (Å²) in [5, 5.41) is 12.3. The number of carbonyl (C=O) groups is 1. The number of carbonyl (C=O) groups excluding carboxylic acids is 1. The summed E-state index contributed by atoms with van der Waals surface area (Å²) in [7, 11) is 0. The zero-order valence-electron chi connectivity index (χ0n) is 14.5. The Morgan fingerprint density at radius 2 is 2.04 bits per heavy atom. The van der Waals surface area contributed by atoms with Crippen molar-refractivity contribution in [3.05, 3.63) is 47.7 Å². The molecule has 0 saturated carbocycles. The van der Waals surface area contributed by atoms with Gasteiger partial charge in [-0.1, -0.05) is 43.7 Å². The van der Waals surface area contributed by atoms with Gasteiger partial charge in [0.25, 0.3) is 5.91 Å². The second-order valence-corrected chi connectivity index (χ2v) is 6.40. The number of rotatable bonds is 7. The SMILES string of the molecule is CCCCN/C=C(/C#N)C(=O)N1CCC(Cc2ccccc2)CC1. The molecule has 1 aliphatic heterocycles. The molecule has 4 heteroatoms. The molecule has 1 aromatic carbocycles. The van der Waals surface area contributed by atoms with Crippen molar-refractivity contribution in [1.29, 1.82) is 5.26 Å². The van der Waals surface area contributed by atoms with Crippen molar-refractivity contribution in [3.63, 3.8) is 0 Å². The van der Waals surface area contributed by atoms with E-state index in [9.17, 15) is 10.1 Å². The first kappa shape index (κ1) is 18.1. The number of benzene rings is 1. The lowest BCUT2D eigenvalue weighted by atomic mass is 9.90. The molecule has 0 unspecified atom stereocenters. The molecule has 0 aliphatic carbocycles. The number of nitrogens with zero attached hydrogens (tertiary/aromatic N) is 2. The van der Waals surface area contributed by atoms with Gasteiger partial charge in [0, 0.05) is 25.8 Å². The van der Waals surface area contributed by atoms with E-state index in [0.29, 0.717) is 5.92 Å². The van der Waals surface area contributed by atoms with Crippen molar-refractivity contribution in [2.45, 2.75) is 39.0 Å². The number of nitriles is 1. The maximum atomic E-state index is 12.5. The van der Waals surface area contributed by atoms with E-state index in [4.69, 9.17) is 0 Å². The van der Waals surface area contributed by atoms with E-state index in [0.717, 1.165) is 51.7 Å². The van der Waals surface area contributed by atoms with Gasteiger partial charge in [0.05, 0.1) is 0 Å². The molecule has 1 heterocycles. The molecule has 2 rings (SSSR count). The van der Waals surface area contributed by atoms with Gasteiger partial charge in [-0.15, -0.1) is 0 Å². The molecule has 0 atom stereocenters. The highest BCUT2D eigenvalue weighted by Crippen LogP contribution is 2.22. The van der Waals surface area contributed by atoms with Crippen LogP contribution in [0.3, 0.4) is 0 Å². The van der Waals surface area contributed by atoms with E-state index >= 15 is 0 Å². The van der Waals surface area contributed by atoms with E-state index in [2.05, 4.69) is 36.5 Å². The predicted molar refractivity (Wildman–Crippen MR) is 96.1 cm³/mol. The lowest BCUT2D eigenvalue weighted by Crippen LogP contribution is -2.39. The average molecular weight is 325 g/mol. The van der Waals surface area contributed by atoms with Crippen molar-refractivity contribution >= 4 is 5.91 Å². The van der Waals surface area contributed by atoms with Gasteiger partial charge in [-0.25, -0.2) is 0 Å². The first-order chi connectivity index (χ1) is 11.7. The van der Waals surface area contributed by atoms with Crippen LogP contribution >= 0.6 is 0 Å². The Morgan fingerprint density at radius 1 is 1.33 bits per heavy atom. The predicted octanol–water partition coefficient (Wildman–Crippen LogP) is 3.26. The summed E-state index contributed by atoms with van der Waals surface area (Å²) in [6.07, 6.45) is 6.78. The van der Waals surface area contributed by atoms with Crippen LogP contribution in [0, 0.1) is 17.2 Å². The molecule has 0 aromatic heterocycles. The smallest absolute Gasteiger partial charge is 0.265 e. The van der Waals surface area contributed by atoms with Crippen LogP contribution in [0.25, 0.3) is 0 Å². The van der Waals surface area contributed by atoms with Gasteiger partial charge in [0.15, 0.2) is 0 Å². The summed E-state index contributed by atoms with van der Waals surface area (Å²) >= 11 is 0. The Kier molecular flexibility index (Phi) is 7.35. The summed E-state index contributed by atoms with van der Waals surface area (Å²) in [5.74, 6) is 0.480. The van der Waals surface area contributed by atoms with Gasteiger partial charge in [-0.3, -0.25) is 4.79 Å². The molecule has 0 bridgehead atoms. The van der Waals surface area contributed by atoms with Crippen LogP contribution in [0.2, 0.25) is 0 Å². The number of hydrogen-bond donors (Lipinski definition) is 1. The van der Waals surface area contributed by atoms with Crippen LogP contribution < -0.4 is 5.32 Å². The van der Waals surface area contributed by atoms with Gasteiger partial charge in [-0.05, 0) is 37.2 Å². The monoisotopic (exact) mass is 325 g/mol. The largest absolute Gasteiger partial charge is 0.390 e. The van der Waals surface area contributed by atoms with Crippen LogP contribution in [0.15, 0.2) is 42.1 Å². The fourth-order valence-electron chi connectivity index (χ4n) is 3.05. The Morgan fingerprint density at radius 3 is 2.67 bits per heavy atom. The molecule has 0 spiro atoms. The van der Waals surface area contributed by atoms with E-state index in [1.54, 1.807) is 6.20 Å². The molecule has 1 fully saturated rings. The van der Waals surface area contributed by atoms with Crippen LogP contribution in [-0.2, 0) is 11.2 Å². The Hall–Kier alpha value is -2.28. The van der Waals surface area contributed by atoms with Crippen molar-refractivity contribution in [3.8, 4) is 6.07 Å². The molecule has 1 N–H and O–H groups in total. The second-order valence-electron chi connectivity index (χ2n) is 6.40. The maximum Gasteiger partial charge on any atom is 0.265 e. The summed E-state index contributed by atoms with van der Waals surface area (Å²) in [4.78, 5) is 14.3. The third-order valence-electron chi connectivity index (χ3n) is 4.54. The fourth-order valence-corrected chi connectivity index (χ4v) is 3.05. The van der Waals surface area contributed by atoms with Gasteiger partial charge in [-0.2, -0.15) is 5.26 Å².